The smallest absolute Gasteiger partial charge is 0.226 e. The molecule has 1 amide bonds. The molecule has 6 nitrogen and oxygen atoms in total. The molecule has 3 aromatic rings. The number of amides is 1. The van der Waals surface area contributed by atoms with Crippen LogP contribution in [0, 0.1) is 5.82 Å². The maximum atomic E-state index is 14.1. The summed E-state index contributed by atoms with van der Waals surface area (Å²) in [4.78, 5) is 15.9. The molecule has 1 aromatic heterocycles. The standard InChI is InChI=1S/C17H15FN4O2/c18-14-7-4-8-15(24-13-5-2-1-3-6-13)17(14)21-16(23)9-10-22-12-19-11-20-22/h1-8,11-12H,9-10H2,(H,21,23). The molecule has 0 atom stereocenters. The number of rotatable bonds is 6. The summed E-state index contributed by atoms with van der Waals surface area (Å²) in [6.07, 6.45) is 3.05. The van der Waals surface area contributed by atoms with E-state index in [4.69, 9.17) is 4.74 Å². The van der Waals surface area contributed by atoms with Crippen molar-refractivity contribution in [1.82, 2.24) is 14.8 Å². The predicted octanol–water partition coefficient (Wildman–Crippen LogP) is 3.24. The summed E-state index contributed by atoms with van der Waals surface area (Å²) in [6, 6.07) is 13.4. The van der Waals surface area contributed by atoms with Gasteiger partial charge in [-0.2, -0.15) is 5.10 Å². The number of aryl methyl sites for hydroxylation is 1. The lowest BCUT2D eigenvalue weighted by molar-refractivity contribution is -0.116. The lowest BCUT2D eigenvalue weighted by Gasteiger charge is -2.13. The molecule has 0 saturated carbocycles. The summed E-state index contributed by atoms with van der Waals surface area (Å²) >= 11 is 0. The molecule has 0 saturated heterocycles. The van der Waals surface area contributed by atoms with Gasteiger partial charge in [-0.25, -0.2) is 9.37 Å². The fourth-order valence-electron chi connectivity index (χ4n) is 2.09. The van der Waals surface area contributed by atoms with E-state index < -0.39 is 5.82 Å². The van der Waals surface area contributed by atoms with Gasteiger partial charge in [0.2, 0.25) is 5.91 Å². The number of carbonyl (C=O) groups excluding carboxylic acids is 1. The van der Waals surface area contributed by atoms with E-state index in [0.29, 0.717) is 12.3 Å². The first kappa shape index (κ1) is 15.7. The highest BCUT2D eigenvalue weighted by Gasteiger charge is 2.14. The number of benzene rings is 2. The number of para-hydroxylation sites is 2. The first-order chi connectivity index (χ1) is 11.7. The number of anilines is 1. The van der Waals surface area contributed by atoms with Gasteiger partial charge in [-0.1, -0.05) is 24.3 Å². The molecule has 0 spiro atoms. The quantitative estimate of drug-likeness (QED) is 0.755. The van der Waals surface area contributed by atoms with E-state index in [0.717, 1.165) is 0 Å². The van der Waals surface area contributed by atoms with Gasteiger partial charge in [-0.15, -0.1) is 0 Å². The van der Waals surface area contributed by atoms with Crippen LogP contribution >= 0.6 is 0 Å². The van der Waals surface area contributed by atoms with Gasteiger partial charge >= 0.3 is 0 Å². The van der Waals surface area contributed by atoms with Crippen LogP contribution in [0.2, 0.25) is 0 Å². The third-order valence-corrected chi connectivity index (χ3v) is 3.25. The predicted molar refractivity (Wildman–Crippen MR) is 86.2 cm³/mol. The van der Waals surface area contributed by atoms with Crippen LogP contribution in [0.25, 0.3) is 0 Å². The van der Waals surface area contributed by atoms with Crippen molar-refractivity contribution in [1.29, 1.82) is 0 Å². The van der Waals surface area contributed by atoms with Gasteiger partial charge in [0.25, 0.3) is 0 Å². The van der Waals surface area contributed by atoms with Crippen LogP contribution < -0.4 is 10.1 Å². The fraction of sp³-hybridized carbons (Fsp3) is 0.118. The van der Waals surface area contributed by atoms with Crippen LogP contribution in [-0.4, -0.2) is 20.7 Å². The van der Waals surface area contributed by atoms with Gasteiger partial charge in [-0.05, 0) is 24.3 Å². The second-order valence-electron chi connectivity index (χ2n) is 4.98. The molecular formula is C17H15FN4O2. The third kappa shape index (κ3) is 3.95. The van der Waals surface area contributed by atoms with Gasteiger partial charge in [0.1, 0.15) is 24.1 Å². The lowest BCUT2D eigenvalue weighted by atomic mass is 10.2. The number of ether oxygens (including phenoxy) is 1. The SMILES string of the molecule is O=C(CCn1cncn1)Nc1c(F)cccc1Oc1ccccc1. The van der Waals surface area contributed by atoms with Gasteiger partial charge in [0.15, 0.2) is 11.6 Å². The van der Waals surface area contributed by atoms with E-state index in [9.17, 15) is 9.18 Å². The topological polar surface area (TPSA) is 69.0 Å². The van der Waals surface area contributed by atoms with E-state index >= 15 is 0 Å². The highest BCUT2D eigenvalue weighted by molar-refractivity contribution is 5.92. The van der Waals surface area contributed by atoms with Crippen LogP contribution in [0.4, 0.5) is 10.1 Å². The van der Waals surface area contributed by atoms with Crippen LogP contribution in [-0.2, 0) is 11.3 Å². The van der Waals surface area contributed by atoms with E-state index in [-0.39, 0.29) is 23.8 Å². The molecule has 1 N–H and O–H groups in total. The molecule has 2 aromatic carbocycles. The molecule has 0 aliphatic rings. The van der Waals surface area contributed by atoms with Gasteiger partial charge in [0, 0.05) is 6.42 Å². The van der Waals surface area contributed by atoms with Crippen molar-refractivity contribution in [3.63, 3.8) is 0 Å². The summed E-state index contributed by atoms with van der Waals surface area (Å²) < 4.78 is 21.3. The highest BCUT2D eigenvalue weighted by atomic mass is 19.1. The lowest BCUT2D eigenvalue weighted by Crippen LogP contribution is -2.16. The van der Waals surface area contributed by atoms with Gasteiger partial charge < -0.3 is 10.1 Å². The van der Waals surface area contributed by atoms with Gasteiger partial charge in [-0.3, -0.25) is 9.48 Å². The van der Waals surface area contributed by atoms with Crippen molar-refractivity contribution < 1.29 is 13.9 Å². The Bertz CT molecular complexity index is 807. The first-order valence-electron chi connectivity index (χ1n) is 7.36. The second kappa shape index (κ2) is 7.36. The number of aromatic nitrogens is 3. The number of hydrogen-bond acceptors (Lipinski definition) is 4. The van der Waals surface area contributed by atoms with Crippen molar-refractivity contribution in [2.75, 3.05) is 5.32 Å². The second-order valence-corrected chi connectivity index (χ2v) is 4.98. The van der Waals surface area contributed by atoms with Crippen molar-refractivity contribution in [3.05, 3.63) is 67.0 Å². The van der Waals surface area contributed by atoms with Crippen molar-refractivity contribution >= 4 is 11.6 Å². The normalized spacial score (nSPS) is 10.4. The molecule has 0 fully saturated rings. The van der Waals surface area contributed by atoms with Crippen LogP contribution in [0.1, 0.15) is 6.42 Å². The molecule has 0 aliphatic carbocycles. The third-order valence-electron chi connectivity index (χ3n) is 3.25. The molecule has 0 radical (unpaired) electrons. The minimum Gasteiger partial charge on any atom is -0.455 e. The number of carbonyl (C=O) groups is 1. The average molecular weight is 326 g/mol. The first-order valence-corrected chi connectivity index (χ1v) is 7.36. The Balaban J connectivity index is 1.71. The van der Waals surface area contributed by atoms with Crippen LogP contribution in [0.5, 0.6) is 11.5 Å². The Morgan fingerprint density at radius 2 is 2.00 bits per heavy atom. The molecule has 7 heteroatoms. The minimum absolute atomic E-state index is 0.0185. The minimum atomic E-state index is -0.558. The van der Waals surface area contributed by atoms with Crippen molar-refractivity contribution in [2.24, 2.45) is 0 Å². The van der Waals surface area contributed by atoms with E-state index in [2.05, 4.69) is 15.4 Å². The highest BCUT2D eigenvalue weighted by Crippen LogP contribution is 2.31. The Hall–Kier alpha value is -3.22. The summed E-state index contributed by atoms with van der Waals surface area (Å²) in [5, 5.41) is 6.47. The number of nitrogens with zero attached hydrogens (tertiary/aromatic N) is 3. The Labute approximate surface area is 137 Å². The van der Waals surface area contributed by atoms with Crippen LogP contribution in [0.15, 0.2) is 61.2 Å². The monoisotopic (exact) mass is 326 g/mol. The molecule has 0 aliphatic heterocycles. The molecule has 1 heterocycles. The molecule has 122 valence electrons. The fourth-order valence-corrected chi connectivity index (χ4v) is 2.09. The largest absolute Gasteiger partial charge is 0.455 e. The van der Waals surface area contributed by atoms with Crippen LogP contribution in [0.3, 0.4) is 0 Å². The molecular weight excluding hydrogens is 311 g/mol. The van der Waals surface area contributed by atoms with E-state index in [1.165, 1.54) is 29.5 Å². The average Bonchev–Trinajstić information content (AvgIpc) is 3.11. The van der Waals surface area contributed by atoms with E-state index in [1.807, 2.05) is 18.2 Å². The molecule has 0 unspecified atom stereocenters. The Morgan fingerprint density at radius 1 is 1.17 bits per heavy atom. The number of hydrogen-bond donors (Lipinski definition) is 1. The number of nitrogens with one attached hydrogen (secondary N) is 1. The summed E-state index contributed by atoms with van der Waals surface area (Å²) in [6.45, 7) is 0.356. The summed E-state index contributed by atoms with van der Waals surface area (Å²) in [7, 11) is 0. The Kier molecular flexibility index (Phi) is 4.81. The zero-order chi connectivity index (χ0) is 16.8. The molecule has 0 bridgehead atoms. The maximum Gasteiger partial charge on any atom is 0.226 e. The molecule has 3 rings (SSSR count). The molecule has 24 heavy (non-hydrogen) atoms. The maximum absolute atomic E-state index is 14.1. The summed E-state index contributed by atoms with van der Waals surface area (Å²) in [5.74, 6) is -0.0948. The van der Waals surface area contributed by atoms with E-state index in [1.54, 1.807) is 18.2 Å². The zero-order valence-corrected chi connectivity index (χ0v) is 12.7. The Morgan fingerprint density at radius 3 is 2.75 bits per heavy atom. The summed E-state index contributed by atoms with van der Waals surface area (Å²) in [5.41, 5.74) is 0.0185. The zero-order valence-electron chi connectivity index (χ0n) is 12.7. The van der Waals surface area contributed by atoms with Gasteiger partial charge in [0.05, 0.1) is 6.54 Å². The van der Waals surface area contributed by atoms with Crippen molar-refractivity contribution in [2.45, 2.75) is 13.0 Å². The van der Waals surface area contributed by atoms with Crippen molar-refractivity contribution in [3.8, 4) is 11.5 Å². The number of halogens is 1.